The van der Waals surface area contributed by atoms with Crippen LogP contribution in [0.5, 0.6) is 0 Å². The van der Waals surface area contributed by atoms with Crippen LogP contribution in [0.25, 0.3) is 11.2 Å². The normalized spacial score (nSPS) is 27.9. The van der Waals surface area contributed by atoms with Gasteiger partial charge in [-0.25, -0.2) is 4.98 Å². The Bertz CT molecular complexity index is 798. The lowest BCUT2D eigenvalue weighted by atomic mass is 10.1. The summed E-state index contributed by atoms with van der Waals surface area (Å²) in [6, 6.07) is 1.74. The number of nitriles is 1. The molecular formula is C11H11N7O4. The number of primary amides is 1. The maximum Gasteiger partial charge on any atom is 0.249 e. The van der Waals surface area contributed by atoms with E-state index in [0.29, 0.717) is 0 Å². The van der Waals surface area contributed by atoms with E-state index >= 15 is 0 Å². The molecule has 0 aliphatic carbocycles. The minimum atomic E-state index is -1.49. The molecule has 2 aromatic rings. The van der Waals surface area contributed by atoms with Crippen LogP contribution in [0.1, 0.15) is 12.1 Å². The summed E-state index contributed by atoms with van der Waals surface area (Å²) in [7, 11) is 0. The molecule has 22 heavy (non-hydrogen) atoms. The zero-order valence-electron chi connectivity index (χ0n) is 11.0. The topological polar surface area (TPSA) is 186 Å². The molecule has 11 heteroatoms. The Kier molecular flexibility index (Phi) is 3.14. The molecule has 3 rings (SSSR count). The maximum absolute atomic E-state index is 11.2. The van der Waals surface area contributed by atoms with Gasteiger partial charge in [-0.05, 0) is 0 Å². The van der Waals surface area contributed by atoms with Gasteiger partial charge in [0.15, 0.2) is 23.8 Å². The molecule has 1 aliphatic rings. The zero-order valence-corrected chi connectivity index (χ0v) is 11.0. The highest BCUT2D eigenvalue weighted by Crippen LogP contribution is 2.31. The van der Waals surface area contributed by atoms with Crippen molar-refractivity contribution in [3.63, 3.8) is 0 Å². The van der Waals surface area contributed by atoms with E-state index in [0.717, 1.165) is 0 Å². The Balaban J connectivity index is 2.10. The lowest BCUT2D eigenvalue weighted by molar-refractivity contribution is -0.134. The second-order valence-electron chi connectivity index (χ2n) is 4.70. The first-order valence-corrected chi connectivity index (χ1v) is 6.15. The van der Waals surface area contributed by atoms with Crippen molar-refractivity contribution in [1.82, 2.24) is 19.5 Å². The number of hydrogen-bond acceptors (Lipinski definition) is 9. The van der Waals surface area contributed by atoms with Gasteiger partial charge in [-0.1, -0.05) is 0 Å². The van der Waals surface area contributed by atoms with Crippen molar-refractivity contribution < 1.29 is 19.7 Å². The standard InChI is InChI=1S/C11H11N7O4/c12-1-3-16-8(13)4-10(17-3)18(2-15-4)11-6(20)5(19)7(22-11)9(14)21/h2,5-7,11,19-20H,(H2,14,21)(H2,13,16,17)/t5-,6+,7-,11+/m0/s1. The number of aliphatic hydroxyl groups is 2. The van der Waals surface area contributed by atoms with E-state index in [1.807, 2.05) is 0 Å². The van der Waals surface area contributed by atoms with Gasteiger partial charge in [0, 0.05) is 0 Å². The number of carbonyl (C=O) groups excluding carboxylic acids is 1. The summed E-state index contributed by atoms with van der Waals surface area (Å²) >= 11 is 0. The fourth-order valence-corrected chi connectivity index (χ4v) is 2.30. The SMILES string of the molecule is N#Cc1nc(N)c2ncn([C@@H]3O[C@H](C(N)=O)[C@@H](O)[C@H]3O)c2n1. The highest BCUT2D eigenvalue weighted by Gasteiger charge is 2.47. The number of nitrogens with zero attached hydrogens (tertiary/aromatic N) is 5. The Morgan fingerprint density at radius 2 is 2.14 bits per heavy atom. The van der Waals surface area contributed by atoms with Crippen molar-refractivity contribution in [3.8, 4) is 6.07 Å². The number of nitrogens with two attached hydrogens (primary N) is 2. The summed E-state index contributed by atoms with van der Waals surface area (Å²) in [6.45, 7) is 0. The third-order valence-corrected chi connectivity index (χ3v) is 3.34. The van der Waals surface area contributed by atoms with Crippen molar-refractivity contribution in [2.75, 3.05) is 5.73 Å². The third kappa shape index (κ3) is 1.94. The number of fused-ring (bicyclic) bond motifs is 1. The number of nitrogen functional groups attached to an aromatic ring is 1. The summed E-state index contributed by atoms with van der Waals surface area (Å²) in [4.78, 5) is 22.9. The average molecular weight is 305 g/mol. The van der Waals surface area contributed by atoms with E-state index < -0.39 is 30.4 Å². The van der Waals surface area contributed by atoms with Crippen molar-refractivity contribution >= 4 is 22.9 Å². The highest BCUT2D eigenvalue weighted by molar-refractivity contribution is 5.82. The first kappa shape index (κ1) is 14.1. The summed E-state index contributed by atoms with van der Waals surface area (Å²) < 4.78 is 6.53. The van der Waals surface area contributed by atoms with Gasteiger partial charge in [0.2, 0.25) is 11.7 Å². The Morgan fingerprint density at radius 3 is 2.73 bits per heavy atom. The molecule has 1 fully saturated rings. The first-order valence-electron chi connectivity index (χ1n) is 6.15. The predicted molar refractivity (Wildman–Crippen MR) is 69.6 cm³/mol. The summed E-state index contributed by atoms with van der Waals surface area (Å²) in [5.74, 6) is -1.11. The molecule has 1 saturated heterocycles. The minimum Gasteiger partial charge on any atom is -0.387 e. The van der Waals surface area contributed by atoms with Crippen LogP contribution in [0.2, 0.25) is 0 Å². The molecule has 1 amide bonds. The zero-order chi connectivity index (χ0) is 16.0. The molecule has 0 spiro atoms. The fourth-order valence-electron chi connectivity index (χ4n) is 2.30. The molecular weight excluding hydrogens is 294 g/mol. The van der Waals surface area contributed by atoms with Crippen molar-refractivity contribution in [3.05, 3.63) is 12.2 Å². The number of imidazole rings is 1. The molecule has 1 aliphatic heterocycles. The Labute approximate surface area is 122 Å². The average Bonchev–Trinajstić information content (AvgIpc) is 3.02. The lowest BCUT2D eigenvalue weighted by Crippen LogP contribution is -2.39. The van der Waals surface area contributed by atoms with Gasteiger partial charge in [0.25, 0.3) is 0 Å². The monoisotopic (exact) mass is 305 g/mol. The van der Waals surface area contributed by atoms with Crippen molar-refractivity contribution in [2.45, 2.75) is 24.5 Å². The van der Waals surface area contributed by atoms with Crippen LogP contribution in [0.15, 0.2) is 6.33 Å². The fraction of sp³-hybridized carbons (Fsp3) is 0.364. The highest BCUT2D eigenvalue weighted by atomic mass is 16.6. The van der Waals surface area contributed by atoms with Crippen molar-refractivity contribution in [2.24, 2.45) is 5.73 Å². The molecule has 3 heterocycles. The third-order valence-electron chi connectivity index (χ3n) is 3.34. The lowest BCUT2D eigenvalue weighted by Gasteiger charge is -2.16. The first-order chi connectivity index (χ1) is 10.4. The van der Waals surface area contributed by atoms with Crippen LogP contribution in [-0.2, 0) is 9.53 Å². The summed E-state index contributed by atoms with van der Waals surface area (Å²) in [6.07, 6.45) is -4.20. The molecule has 2 aromatic heterocycles. The van der Waals surface area contributed by atoms with E-state index in [9.17, 15) is 15.0 Å². The van der Waals surface area contributed by atoms with Crippen LogP contribution in [0.4, 0.5) is 5.82 Å². The number of anilines is 1. The van der Waals surface area contributed by atoms with Crippen molar-refractivity contribution in [1.29, 1.82) is 5.26 Å². The smallest absolute Gasteiger partial charge is 0.249 e. The molecule has 0 radical (unpaired) electrons. The Morgan fingerprint density at radius 1 is 1.41 bits per heavy atom. The largest absolute Gasteiger partial charge is 0.387 e. The van der Waals surface area contributed by atoms with Gasteiger partial charge in [0.05, 0.1) is 6.33 Å². The number of aromatic nitrogens is 4. The number of hydrogen-bond donors (Lipinski definition) is 4. The number of carbonyl (C=O) groups is 1. The molecule has 0 unspecified atom stereocenters. The molecule has 0 aromatic carbocycles. The predicted octanol–water partition coefficient (Wildman–Crippen LogP) is -2.62. The van der Waals surface area contributed by atoms with Gasteiger partial charge in [-0.3, -0.25) is 9.36 Å². The quantitative estimate of drug-likeness (QED) is 0.460. The molecule has 11 nitrogen and oxygen atoms in total. The maximum atomic E-state index is 11.2. The number of ether oxygens (including phenoxy) is 1. The van der Waals surface area contributed by atoms with Crippen LogP contribution in [0.3, 0.4) is 0 Å². The molecule has 0 bridgehead atoms. The van der Waals surface area contributed by atoms with Gasteiger partial charge in [0.1, 0.15) is 23.8 Å². The van der Waals surface area contributed by atoms with E-state index in [1.165, 1.54) is 10.9 Å². The summed E-state index contributed by atoms with van der Waals surface area (Å²) in [5.41, 5.74) is 11.1. The number of aliphatic hydroxyl groups excluding tert-OH is 2. The van der Waals surface area contributed by atoms with Gasteiger partial charge >= 0.3 is 0 Å². The minimum absolute atomic E-state index is 0.0141. The van der Waals surface area contributed by atoms with Gasteiger partial charge < -0.3 is 26.4 Å². The second kappa shape index (κ2) is 4.88. The summed E-state index contributed by atoms with van der Waals surface area (Å²) in [5, 5.41) is 28.7. The van der Waals surface area contributed by atoms with E-state index in [2.05, 4.69) is 15.0 Å². The van der Waals surface area contributed by atoms with Crippen LogP contribution in [-0.4, -0.2) is 54.0 Å². The number of rotatable bonds is 2. The van der Waals surface area contributed by atoms with Crippen LogP contribution in [0, 0.1) is 11.3 Å². The number of amides is 1. The van der Waals surface area contributed by atoms with Crippen LogP contribution >= 0.6 is 0 Å². The second-order valence-corrected chi connectivity index (χ2v) is 4.70. The molecule has 6 N–H and O–H groups in total. The Hall–Kier alpha value is -2.81. The van der Waals surface area contributed by atoms with Gasteiger partial charge in [-0.15, -0.1) is 0 Å². The van der Waals surface area contributed by atoms with E-state index in [4.69, 9.17) is 21.5 Å². The molecule has 4 atom stereocenters. The van der Waals surface area contributed by atoms with E-state index in [1.54, 1.807) is 6.07 Å². The van der Waals surface area contributed by atoms with Crippen LogP contribution < -0.4 is 11.5 Å². The molecule has 0 saturated carbocycles. The van der Waals surface area contributed by atoms with E-state index in [-0.39, 0.29) is 22.8 Å². The molecule has 114 valence electrons. The van der Waals surface area contributed by atoms with Gasteiger partial charge in [-0.2, -0.15) is 15.2 Å².